The van der Waals surface area contributed by atoms with Gasteiger partial charge in [-0.2, -0.15) is 0 Å². The molecule has 0 heterocycles. The van der Waals surface area contributed by atoms with E-state index in [1.807, 2.05) is 0 Å². The van der Waals surface area contributed by atoms with Gasteiger partial charge in [0.2, 0.25) is 0 Å². The highest BCUT2D eigenvalue weighted by Crippen LogP contribution is 2.07. The second-order valence-corrected chi connectivity index (χ2v) is 5.31. The molecule has 0 bridgehead atoms. The molecule has 1 aromatic carbocycles. The first-order valence-electron chi connectivity index (χ1n) is 6.48. The van der Waals surface area contributed by atoms with E-state index >= 15 is 0 Å². The molecule has 0 spiro atoms. The Balaban J connectivity index is 2.42. The number of benzene rings is 1. The molecule has 0 aliphatic rings. The fraction of sp³-hybridized carbons (Fsp3) is 0.600. The zero-order valence-electron chi connectivity index (χ0n) is 11.8. The Morgan fingerprint density at radius 1 is 1.12 bits per heavy atom. The standard InChI is InChI=1S/C15H26N2/c1-12(2)16-10-14(4)17(5)11-15-8-6-13(3)7-9-15/h6-9,12,14,16H,10-11H2,1-5H3. The van der Waals surface area contributed by atoms with E-state index in [9.17, 15) is 0 Å². The van der Waals surface area contributed by atoms with Crippen molar-refractivity contribution in [1.82, 2.24) is 10.2 Å². The van der Waals surface area contributed by atoms with Crippen LogP contribution in [0.3, 0.4) is 0 Å². The molecule has 2 nitrogen and oxygen atoms in total. The maximum atomic E-state index is 3.48. The second kappa shape index (κ2) is 6.77. The van der Waals surface area contributed by atoms with E-state index in [-0.39, 0.29) is 0 Å². The lowest BCUT2D eigenvalue weighted by molar-refractivity contribution is 0.239. The average molecular weight is 234 g/mol. The molecule has 0 aromatic heterocycles. The van der Waals surface area contributed by atoms with Gasteiger partial charge in [0.15, 0.2) is 0 Å². The Bertz CT molecular complexity index is 316. The summed E-state index contributed by atoms with van der Waals surface area (Å²) in [6.45, 7) is 10.8. The molecule has 0 aliphatic carbocycles. The minimum atomic E-state index is 0.554. The maximum Gasteiger partial charge on any atom is 0.0234 e. The summed E-state index contributed by atoms with van der Waals surface area (Å²) >= 11 is 0. The van der Waals surface area contributed by atoms with E-state index in [0.29, 0.717) is 12.1 Å². The van der Waals surface area contributed by atoms with Gasteiger partial charge in [0.05, 0.1) is 0 Å². The van der Waals surface area contributed by atoms with Gasteiger partial charge in [-0.15, -0.1) is 0 Å². The van der Waals surface area contributed by atoms with Gasteiger partial charge in [0.25, 0.3) is 0 Å². The van der Waals surface area contributed by atoms with Gasteiger partial charge in [-0.05, 0) is 26.5 Å². The minimum Gasteiger partial charge on any atom is -0.313 e. The van der Waals surface area contributed by atoms with E-state index in [1.54, 1.807) is 0 Å². The fourth-order valence-electron chi connectivity index (χ4n) is 1.70. The molecule has 2 heteroatoms. The van der Waals surface area contributed by atoms with Crippen molar-refractivity contribution in [3.8, 4) is 0 Å². The van der Waals surface area contributed by atoms with E-state index < -0.39 is 0 Å². The zero-order chi connectivity index (χ0) is 12.8. The average Bonchev–Trinajstić information content (AvgIpc) is 2.28. The molecule has 1 N–H and O–H groups in total. The normalized spacial score (nSPS) is 13.4. The van der Waals surface area contributed by atoms with Gasteiger partial charge < -0.3 is 5.32 Å². The summed E-state index contributed by atoms with van der Waals surface area (Å²) in [4.78, 5) is 2.39. The SMILES string of the molecule is Cc1ccc(CN(C)C(C)CNC(C)C)cc1. The van der Waals surface area contributed by atoms with Crippen LogP contribution in [0.4, 0.5) is 0 Å². The monoisotopic (exact) mass is 234 g/mol. The van der Waals surface area contributed by atoms with Crippen LogP contribution in [0, 0.1) is 6.92 Å². The smallest absolute Gasteiger partial charge is 0.0234 e. The fourth-order valence-corrected chi connectivity index (χ4v) is 1.70. The lowest BCUT2D eigenvalue weighted by atomic mass is 10.1. The molecule has 0 fully saturated rings. The summed E-state index contributed by atoms with van der Waals surface area (Å²) in [6.07, 6.45) is 0. The van der Waals surface area contributed by atoms with E-state index in [1.165, 1.54) is 11.1 Å². The summed E-state index contributed by atoms with van der Waals surface area (Å²) in [5.41, 5.74) is 2.71. The number of nitrogens with zero attached hydrogens (tertiary/aromatic N) is 1. The van der Waals surface area contributed by atoms with Gasteiger partial charge in [0, 0.05) is 25.2 Å². The first-order chi connectivity index (χ1) is 7.99. The van der Waals surface area contributed by atoms with Crippen molar-refractivity contribution < 1.29 is 0 Å². The Morgan fingerprint density at radius 2 is 1.71 bits per heavy atom. The molecule has 0 aliphatic heterocycles. The Morgan fingerprint density at radius 3 is 2.24 bits per heavy atom. The van der Waals surface area contributed by atoms with Crippen LogP contribution in [-0.4, -0.2) is 30.6 Å². The minimum absolute atomic E-state index is 0.554. The van der Waals surface area contributed by atoms with Gasteiger partial charge in [-0.1, -0.05) is 43.7 Å². The van der Waals surface area contributed by atoms with E-state index in [4.69, 9.17) is 0 Å². The van der Waals surface area contributed by atoms with Crippen LogP contribution in [-0.2, 0) is 6.54 Å². The molecular formula is C15H26N2. The molecule has 0 amide bonds. The molecule has 17 heavy (non-hydrogen) atoms. The molecule has 1 unspecified atom stereocenters. The van der Waals surface area contributed by atoms with Gasteiger partial charge in [0.1, 0.15) is 0 Å². The molecular weight excluding hydrogens is 208 g/mol. The Kier molecular flexibility index (Phi) is 5.66. The van der Waals surface area contributed by atoms with Crippen LogP contribution in [0.5, 0.6) is 0 Å². The van der Waals surface area contributed by atoms with Gasteiger partial charge in [-0.3, -0.25) is 4.90 Å². The Labute approximate surface area is 106 Å². The van der Waals surface area contributed by atoms with Crippen LogP contribution in [0.2, 0.25) is 0 Å². The van der Waals surface area contributed by atoms with Crippen LogP contribution in [0.1, 0.15) is 31.9 Å². The molecule has 0 radical (unpaired) electrons. The van der Waals surface area contributed by atoms with Crippen LogP contribution < -0.4 is 5.32 Å². The topological polar surface area (TPSA) is 15.3 Å². The van der Waals surface area contributed by atoms with Crippen LogP contribution >= 0.6 is 0 Å². The summed E-state index contributed by atoms with van der Waals surface area (Å²) in [7, 11) is 2.19. The number of likely N-dealkylation sites (N-methyl/N-ethyl adjacent to an activating group) is 1. The van der Waals surface area contributed by atoms with Crippen molar-refractivity contribution in [3.63, 3.8) is 0 Å². The quantitative estimate of drug-likeness (QED) is 0.814. The highest BCUT2D eigenvalue weighted by atomic mass is 15.1. The first-order valence-corrected chi connectivity index (χ1v) is 6.48. The number of rotatable bonds is 6. The second-order valence-electron chi connectivity index (χ2n) is 5.31. The largest absolute Gasteiger partial charge is 0.313 e. The number of hydrogen-bond acceptors (Lipinski definition) is 2. The van der Waals surface area contributed by atoms with Crippen molar-refractivity contribution in [2.24, 2.45) is 0 Å². The highest BCUT2D eigenvalue weighted by Gasteiger charge is 2.09. The Hall–Kier alpha value is -0.860. The van der Waals surface area contributed by atoms with Crippen LogP contribution in [0.25, 0.3) is 0 Å². The van der Waals surface area contributed by atoms with Crippen molar-refractivity contribution in [2.75, 3.05) is 13.6 Å². The van der Waals surface area contributed by atoms with Crippen molar-refractivity contribution in [3.05, 3.63) is 35.4 Å². The third-order valence-corrected chi connectivity index (χ3v) is 3.13. The van der Waals surface area contributed by atoms with Gasteiger partial charge >= 0.3 is 0 Å². The number of hydrogen-bond donors (Lipinski definition) is 1. The summed E-state index contributed by atoms with van der Waals surface area (Å²) in [5, 5.41) is 3.48. The number of aryl methyl sites for hydroxylation is 1. The predicted octanol–water partition coefficient (Wildman–Crippen LogP) is 2.81. The maximum absolute atomic E-state index is 3.48. The molecule has 96 valence electrons. The summed E-state index contributed by atoms with van der Waals surface area (Å²) in [5.74, 6) is 0. The lowest BCUT2D eigenvalue weighted by Crippen LogP contribution is -2.39. The number of nitrogens with one attached hydrogen (secondary N) is 1. The third kappa shape index (κ3) is 5.33. The van der Waals surface area contributed by atoms with Crippen molar-refractivity contribution in [1.29, 1.82) is 0 Å². The molecule has 1 atom stereocenters. The third-order valence-electron chi connectivity index (χ3n) is 3.13. The van der Waals surface area contributed by atoms with Crippen molar-refractivity contribution >= 4 is 0 Å². The predicted molar refractivity (Wildman–Crippen MR) is 75.2 cm³/mol. The molecule has 1 aromatic rings. The van der Waals surface area contributed by atoms with Crippen LogP contribution in [0.15, 0.2) is 24.3 Å². The zero-order valence-corrected chi connectivity index (χ0v) is 11.8. The molecule has 1 rings (SSSR count). The van der Waals surface area contributed by atoms with E-state index in [2.05, 4.69) is 69.2 Å². The van der Waals surface area contributed by atoms with E-state index in [0.717, 1.165) is 13.1 Å². The summed E-state index contributed by atoms with van der Waals surface area (Å²) < 4.78 is 0. The first kappa shape index (κ1) is 14.2. The molecule has 0 saturated heterocycles. The summed E-state index contributed by atoms with van der Waals surface area (Å²) in [6, 6.07) is 9.91. The van der Waals surface area contributed by atoms with Gasteiger partial charge in [-0.25, -0.2) is 0 Å². The lowest BCUT2D eigenvalue weighted by Gasteiger charge is -2.26. The van der Waals surface area contributed by atoms with Crippen molar-refractivity contribution in [2.45, 2.75) is 46.3 Å². The highest BCUT2D eigenvalue weighted by molar-refractivity contribution is 5.21. The molecule has 0 saturated carbocycles.